The van der Waals surface area contributed by atoms with Gasteiger partial charge >= 0.3 is 39.5 Å². The highest BCUT2D eigenvalue weighted by molar-refractivity contribution is 7.47. The van der Waals surface area contributed by atoms with Crippen LogP contribution >= 0.6 is 15.6 Å². The highest BCUT2D eigenvalue weighted by Gasteiger charge is 2.30. The molecule has 6 atom stereocenters. The lowest BCUT2D eigenvalue weighted by Gasteiger charge is -2.21. The third kappa shape index (κ3) is 74.7. The summed E-state index contributed by atoms with van der Waals surface area (Å²) in [6, 6.07) is 0. The number of hydrogen-bond acceptors (Lipinski definition) is 15. The lowest BCUT2D eigenvalue weighted by molar-refractivity contribution is -0.161. The second kappa shape index (κ2) is 71.0. The molecule has 0 radical (unpaired) electrons. The molecule has 4 unspecified atom stereocenters. The Morgan fingerprint density at radius 2 is 0.475 bits per heavy atom. The summed E-state index contributed by atoms with van der Waals surface area (Å²) in [7, 11) is -9.92. The Hall–Kier alpha value is -1.94. The van der Waals surface area contributed by atoms with Crippen LogP contribution in [0.2, 0.25) is 0 Å². The van der Waals surface area contributed by atoms with Gasteiger partial charge in [0.1, 0.15) is 19.3 Å². The van der Waals surface area contributed by atoms with Crippen LogP contribution in [0.15, 0.2) is 0 Å². The minimum Gasteiger partial charge on any atom is -0.462 e. The van der Waals surface area contributed by atoms with E-state index in [9.17, 15) is 43.2 Å². The van der Waals surface area contributed by atoms with Crippen molar-refractivity contribution in [1.82, 2.24) is 0 Å². The molecule has 17 nitrogen and oxygen atoms in total. The first kappa shape index (κ1) is 99.1. The SMILES string of the molecule is CCC(C)CCCCCCCCCCC(=O)O[C@H](COC(=O)CCCCCCCCCCCCCCCCCCC(C)C)COP(=O)(O)OCC(O)COP(=O)(O)OC[C@@H](COC(=O)CCCCCCCCC(C)C)OC(=O)CCCCCCCCCCCCCCCCCCCCC(C)C. The van der Waals surface area contributed by atoms with Gasteiger partial charge in [0.2, 0.25) is 0 Å². The van der Waals surface area contributed by atoms with Crippen LogP contribution in [0.3, 0.4) is 0 Å². The largest absolute Gasteiger partial charge is 0.472 e. The van der Waals surface area contributed by atoms with Gasteiger partial charge in [0.15, 0.2) is 12.2 Å². The number of aliphatic hydroxyl groups is 1. The number of aliphatic hydroxyl groups excluding tert-OH is 1. The fraction of sp³-hybridized carbons (Fsp3) is 0.951. The van der Waals surface area contributed by atoms with Crippen LogP contribution in [0, 0.1) is 23.7 Å². The van der Waals surface area contributed by atoms with Gasteiger partial charge in [-0.05, 0) is 49.4 Å². The lowest BCUT2D eigenvalue weighted by atomic mass is 9.99. The van der Waals surface area contributed by atoms with E-state index in [1.165, 1.54) is 218 Å². The summed E-state index contributed by atoms with van der Waals surface area (Å²) in [6.45, 7) is 14.2. The smallest absolute Gasteiger partial charge is 0.462 e. The van der Waals surface area contributed by atoms with E-state index in [2.05, 4.69) is 55.4 Å². The Bertz CT molecular complexity index is 1970. The number of unbranched alkanes of at least 4 members (excludes halogenated alkanes) is 44. The van der Waals surface area contributed by atoms with Gasteiger partial charge in [-0.1, -0.05) is 370 Å². The Kier molecular flexibility index (Phi) is 69.6. The lowest BCUT2D eigenvalue weighted by Crippen LogP contribution is -2.30. The van der Waals surface area contributed by atoms with Crippen molar-refractivity contribution >= 4 is 39.5 Å². The summed E-state index contributed by atoms with van der Waals surface area (Å²) >= 11 is 0. The van der Waals surface area contributed by atoms with Gasteiger partial charge < -0.3 is 33.8 Å². The van der Waals surface area contributed by atoms with Crippen molar-refractivity contribution in [2.24, 2.45) is 23.7 Å². The third-order valence-electron chi connectivity index (χ3n) is 19.4. The van der Waals surface area contributed by atoms with Crippen LogP contribution in [0.25, 0.3) is 0 Å². The standard InChI is InChI=1S/C82H160O17P2/c1-9-75(8)61-53-45-36-32-33-39-49-57-65-82(87)99-77(68-92-79(84)62-54-46-37-30-26-22-18-15-14-17-21-25-29-35-43-51-59-73(4)5)70-96-100(88,89)94-66-76(83)67-95-101(90,91)97-71-78(69-93-80(85)63-55-47-41-40-44-52-60-74(6)7)98-81(86)64-56-48-38-31-27-23-19-13-11-10-12-16-20-24-28-34-42-50-58-72(2)3/h72-78,83H,9-71H2,1-8H3,(H,88,89)(H,90,91)/t75?,76?,77-,78-/m1/s1. The number of hydrogen-bond donors (Lipinski definition) is 3. The monoisotopic (exact) mass is 1480 g/mol. The first-order valence-electron chi connectivity index (χ1n) is 42.2. The summed E-state index contributed by atoms with van der Waals surface area (Å²) in [5.41, 5.74) is 0. The molecule has 0 bridgehead atoms. The van der Waals surface area contributed by atoms with Gasteiger partial charge in [-0.2, -0.15) is 0 Å². The maximum Gasteiger partial charge on any atom is 0.472 e. The van der Waals surface area contributed by atoms with Crippen LogP contribution in [0.1, 0.15) is 421 Å². The average molecular weight is 1480 g/mol. The Balaban J connectivity index is 5.15. The number of rotatable bonds is 79. The van der Waals surface area contributed by atoms with E-state index in [-0.39, 0.29) is 25.7 Å². The van der Waals surface area contributed by atoms with Gasteiger partial charge in [-0.15, -0.1) is 0 Å². The van der Waals surface area contributed by atoms with Crippen molar-refractivity contribution in [3.63, 3.8) is 0 Å². The molecule has 101 heavy (non-hydrogen) atoms. The molecule has 600 valence electrons. The first-order valence-corrected chi connectivity index (χ1v) is 45.2. The number of phosphoric acid groups is 2. The predicted molar refractivity (Wildman–Crippen MR) is 414 cm³/mol. The van der Waals surface area contributed by atoms with E-state index < -0.39 is 97.5 Å². The van der Waals surface area contributed by atoms with Crippen molar-refractivity contribution in [2.45, 2.75) is 440 Å². The molecule has 0 saturated carbocycles. The molecule has 0 aliphatic heterocycles. The Morgan fingerprint density at radius 1 is 0.277 bits per heavy atom. The maximum absolute atomic E-state index is 13.1. The number of carbonyl (C=O) groups excluding carboxylic acids is 4. The number of carbonyl (C=O) groups is 4. The number of ether oxygens (including phenoxy) is 4. The van der Waals surface area contributed by atoms with Crippen LogP contribution < -0.4 is 0 Å². The van der Waals surface area contributed by atoms with Gasteiger partial charge in [-0.3, -0.25) is 37.3 Å². The first-order chi connectivity index (χ1) is 48.6. The van der Waals surface area contributed by atoms with E-state index in [1.807, 2.05) is 0 Å². The van der Waals surface area contributed by atoms with E-state index in [0.717, 1.165) is 114 Å². The zero-order chi connectivity index (χ0) is 74.6. The zero-order valence-corrected chi connectivity index (χ0v) is 68.3. The molecule has 0 heterocycles. The van der Waals surface area contributed by atoms with Crippen molar-refractivity contribution < 1.29 is 80.2 Å². The fourth-order valence-corrected chi connectivity index (χ4v) is 14.2. The van der Waals surface area contributed by atoms with E-state index in [4.69, 9.17) is 37.0 Å². The summed E-state index contributed by atoms with van der Waals surface area (Å²) in [6.07, 6.45) is 58.6. The summed E-state index contributed by atoms with van der Waals surface area (Å²) in [4.78, 5) is 73.0. The van der Waals surface area contributed by atoms with E-state index >= 15 is 0 Å². The van der Waals surface area contributed by atoms with Crippen LogP contribution in [0.5, 0.6) is 0 Å². The Labute approximate surface area is 619 Å². The summed E-state index contributed by atoms with van der Waals surface area (Å²) < 4.78 is 68.7. The summed E-state index contributed by atoms with van der Waals surface area (Å²) in [5.74, 6) is 0.964. The predicted octanol–water partition coefficient (Wildman–Crippen LogP) is 24.4. The fourth-order valence-electron chi connectivity index (χ4n) is 12.6. The van der Waals surface area contributed by atoms with Gasteiger partial charge in [0.05, 0.1) is 26.4 Å². The zero-order valence-electron chi connectivity index (χ0n) is 66.5. The van der Waals surface area contributed by atoms with E-state index in [0.29, 0.717) is 31.6 Å². The molecule has 0 amide bonds. The second-order valence-corrected chi connectivity index (χ2v) is 34.1. The molecule has 0 aromatic heterocycles. The van der Waals surface area contributed by atoms with Crippen LogP contribution in [-0.2, 0) is 65.4 Å². The maximum atomic E-state index is 13.1. The van der Waals surface area contributed by atoms with Crippen LogP contribution in [-0.4, -0.2) is 96.7 Å². The molecule has 0 aromatic rings. The molecule has 19 heteroatoms. The minimum atomic E-state index is -4.96. The van der Waals surface area contributed by atoms with Gasteiger partial charge in [0, 0.05) is 25.7 Å². The minimum absolute atomic E-state index is 0.105. The highest BCUT2D eigenvalue weighted by Crippen LogP contribution is 2.45. The van der Waals surface area contributed by atoms with Crippen molar-refractivity contribution in [2.75, 3.05) is 39.6 Å². The topological polar surface area (TPSA) is 237 Å². The molecule has 0 aromatic carbocycles. The molecule has 3 N–H and O–H groups in total. The van der Waals surface area contributed by atoms with Gasteiger partial charge in [0.25, 0.3) is 0 Å². The molecule has 0 saturated heterocycles. The molecule has 0 rings (SSSR count). The number of esters is 4. The summed E-state index contributed by atoms with van der Waals surface area (Å²) in [5, 5.41) is 10.6. The molecule has 0 aliphatic carbocycles. The normalized spacial score (nSPS) is 14.3. The van der Waals surface area contributed by atoms with Gasteiger partial charge in [-0.25, -0.2) is 9.13 Å². The average Bonchev–Trinajstić information content (AvgIpc) is 0.919. The van der Waals surface area contributed by atoms with E-state index in [1.54, 1.807) is 0 Å². The molecular formula is C82H160O17P2. The molecule has 0 fully saturated rings. The molecule has 0 spiro atoms. The third-order valence-corrected chi connectivity index (χ3v) is 21.3. The molecular weight excluding hydrogens is 1320 g/mol. The van der Waals surface area contributed by atoms with Crippen molar-refractivity contribution in [3.05, 3.63) is 0 Å². The second-order valence-electron chi connectivity index (χ2n) is 31.2. The quantitative estimate of drug-likeness (QED) is 0.0222. The number of phosphoric ester groups is 2. The van der Waals surface area contributed by atoms with Crippen molar-refractivity contribution in [3.8, 4) is 0 Å². The molecule has 0 aliphatic rings. The highest BCUT2D eigenvalue weighted by atomic mass is 31.2. The Morgan fingerprint density at radius 3 is 0.703 bits per heavy atom. The van der Waals surface area contributed by atoms with Crippen molar-refractivity contribution in [1.29, 1.82) is 0 Å². The van der Waals surface area contributed by atoms with Crippen LogP contribution in [0.4, 0.5) is 0 Å².